The van der Waals surface area contributed by atoms with Crippen LogP contribution in [-0.4, -0.2) is 40.1 Å². The number of aromatic nitrogens is 2. The number of aliphatic hydroxyl groups is 1. The molecule has 0 aliphatic heterocycles. The molecule has 0 radical (unpaired) electrons. The van der Waals surface area contributed by atoms with E-state index in [4.69, 9.17) is 10.6 Å². The molecule has 0 aliphatic rings. The number of imidazole rings is 1. The number of nitrogens with zero attached hydrogens (tertiary/aromatic N) is 2. The van der Waals surface area contributed by atoms with Gasteiger partial charge in [0.15, 0.2) is 6.10 Å². The van der Waals surface area contributed by atoms with Crippen LogP contribution >= 0.6 is 0 Å². The Balaban J connectivity index is 1.64. The van der Waals surface area contributed by atoms with E-state index in [0.717, 1.165) is 16.1 Å². The van der Waals surface area contributed by atoms with Gasteiger partial charge in [0.05, 0.1) is 36.2 Å². The van der Waals surface area contributed by atoms with Crippen LogP contribution in [0, 0.1) is 0 Å². The lowest BCUT2D eigenvalue weighted by atomic mass is 9.98. The first kappa shape index (κ1) is 24.9. The normalized spacial score (nSPS) is 12.8. The Hall–Kier alpha value is -4.21. The maximum atomic E-state index is 13.3. The van der Waals surface area contributed by atoms with Crippen LogP contribution in [0.25, 0.3) is 11.0 Å². The molecule has 9 nitrogen and oxygen atoms in total. The van der Waals surface area contributed by atoms with Gasteiger partial charge in [-0.1, -0.05) is 44.2 Å². The predicted molar refractivity (Wildman–Crippen MR) is 138 cm³/mol. The monoisotopic (exact) mass is 487 g/mol. The van der Waals surface area contributed by atoms with Gasteiger partial charge < -0.3 is 20.1 Å². The van der Waals surface area contributed by atoms with Crippen LogP contribution in [0.5, 0.6) is 5.75 Å². The summed E-state index contributed by atoms with van der Waals surface area (Å²) in [5.41, 5.74) is 3.66. The largest absolute Gasteiger partial charge is 0.496 e. The quantitative estimate of drug-likeness (QED) is 0.171. The molecular weight excluding hydrogens is 458 g/mol. The van der Waals surface area contributed by atoms with Crippen LogP contribution in [0.15, 0.2) is 73.1 Å². The number of fused-ring (bicyclic) bond motifs is 1. The molecule has 5 N–H and O–H groups in total. The van der Waals surface area contributed by atoms with Gasteiger partial charge in [0.2, 0.25) is 0 Å². The van der Waals surface area contributed by atoms with E-state index in [1.165, 1.54) is 13.4 Å². The number of para-hydroxylation sites is 1. The second kappa shape index (κ2) is 10.6. The van der Waals surface area contributed by atoms with E-state index in [1.54, 1.807) is 54.6 Å². The molecule has 186 valence electrons. The van der Waals surface area contributed by atoms with Gasteiger partial charge in [0.1, 0.15) is 5.75 Å². The molecule has 0 aliphatic carbocycles. The van der Waals surface area contributed by atoms with E-state index in [2.05, 4.69) is 29.1 Å². The summed E-state index contributed by atoms with van der Waals surface area (Å²) in [6.07, 6.45) is -0.174. The number of carbonyl (C=O) groups excluding carboxylic acids is 2. The number of hydrogen-bond acceptors (Lipinski definition) is 6. The minimum Gasteiger partial charge on any atom is -0.496 e. The lowest BCUT2D eigenvalue weighted by molar-refractivity contribution is -0.128. The van der Waals surface area contributed by atoms with E-state index in [9.17, 15) is 14.7 Å². The van der Waals surface area contributed by atoms with Gasteiger partial charge in [-0.25, -0.2) is 15.8 Å². The van der Waals surface area contributed by atoms with Crippen molar-refractivity contribution >= 4 is 28.5 Å². The molecule has 4 rings (SSSR count). The van der Waals surface area contributed by atoms with Crippen molar-refractivity contribution in [1.82, 2.24) is 15.3 Å². The predicted octanol–water partition coefficient (Wildman–Crippen LogP) is 3.43. The molecule has 36 heavy (non-hydrogen) atoms. The maximum Gasteiger partial charge on any atom is 0.272 e. The highest BCUT2D eigenvalue weighted by molar-refractivity contribution is 5.99. The van der Waals surface area contributed by atoms with Gasteiger partial charge in [-0.3, -0.25) is 9.59 Å². The summed E-state index contributed by atoms with van der Waals surface area (Å²) < 4.78 is 5.44. The Morgan fingerprint density at radius 1 is 1.08 bits per heavy atom. The summed E-state index contributed by atoms with van der Waals surface area (Å²) in [6, 6.07) is 17.9. The first-order chi connectivity index (χ1) is 17.3. The lowest BCUT2D eigenvalue weighted by Gasteiger charge is -2.28. The molecule has 2 atom stereocenters. The van der Waals surface area contributed by atoms with Crippen LogP contribution in [-0.2, 0) is 4.79 Å². The Bertz CT molecular complexity index is 1370. The second-order valence-corrected chi connectivity index (χ2v) is 8.73. The van der Waals surface area contributed by atoms with Gasteiger partial charge in [0, 0.05) is 11.1 Å². The summed E-state index contributed by atoms with van der Waals surface area (Å²) in [7, 11) is 1.48. The number of aromatic amines is 1. The molecule has 3 aromatic carbocycles. The zero-order valence-electron chi connectivity index (χ0n) is 20.3. The van der Waals surface area contributed by atoms with Gasteiger partial charge in [0.25, 0.3) is 11.8 Å². The summed E-state index contributed by atoms with van der Waals surface area (Å²) in [4.78, 5) is 33.6. The van der Waals surface area contributed by atoms with Crippen molar-refractivity contribution in [2.24, 2.45) is 5.84 Å². The number of rotatable bonds is 8. The summed E-state index contributed by atoms with van der Waals surface area (Å²) in [6.45, 7) is 4.13. The van der Waals surface area contributed by atoms with Gasteiger partial charge >= 0.3 is 0 Å². The number of ether oxygens (including phenoxy) is 1. The van der Waals surface area contributed by atoms with Crippen molar-refractivity contribution in [3.05, 3.63) is 89.7 Å². The molecular formula is C27H29N5O4. The lowest BCUT2D eigenvalue weighted by Crippen LogP contribution is -2.50. The Morgan fingerprint density at radius 3 is 2.50 bits per heavy atom. The van der Waals surface area contributed by atoms with Crippen LogP contribution < -0.4 is 20.9 Å². The maximum absolute atomic E-state index is 13.3. The number of hydrogen-bond donors (Lipinski definition) is 4. The van der Waals surface area contributed by atoms with Crippen LogP contribution in [0.1, 0.15) is 47.3 Å². The van der Waals surface area contributed by atoms with Crippen molar-refractivity contribution in [3.63, 3.8) is 0 Å². The molecule has 2 amide bonds. The molecule has 0 saturated carbocycles. The third-order valence-electron chi connectivity index (χ3n) is 6.09. The second-order valence-electron chi connectivity index (χ2n) is 8.73. The highest BCUT2D eigenvalue weighted by Crippen LogP contribution is 2.29. The smallest absolute Gasteiger partial charge is 0.272 e. The van der Waals surface area contributed by atoms with Crippen LogP contribution in [0.3, 0.4) is 0 Å². The molecule has 2 unspecified atom stereocenters. The minimum absolute atomic E-state index is 0.319. The van der Waals surface area contributed by atoms with E-state index in [-0.39, 0.29) is 0 Å². The van der Waals surface area contributed by atoms with Gasteiger partial charge in [-0.05, 0) is 47.9 Å². The molecule has 0 saturated heterocycles. The zero-order valence-corrected chi connectivity index (χ0v) is 20.3. The van der Waals surface area contributed by atoms with Crippen LogP contribution in [0.4, 0.5) is 5.69 Å². The van der Waals surface area contributed by atoms with Crippen molar-refractivity contribution in [1.29, 1.82) is 0 Å². The number of anilines is 1. The Kier molecular flexibility index (Phi) is 7.33. The van der Waals surface area contributed by atoms with Crippen molar-refractivity contribution in [2.75, 3.05) is 12.1 Å². The SMILES string of the molecule is COc1ccccc1C(NC(=O)c1ccc(C(C)C)cc1)C(O)C(=O)N(N)c1ccc2[nH]cnc2c1. The number of nitrogens with two attached hydrogens (primary N) is 1. The Labute approximate surface area is 208 Å². The summed E-state index contributed by atoms with van der Waals surface area (Å²) in [5, 5.41) is 14.9. The number of H-pyrrole nitrogens is 1. The number of methoxy groups -OCH3 is 1. The Morgan fingerprint density at radius 2 is 1.81 bits per heavy atom. The van der Waals surface area contributed by atoms with E-state index in [1.807, 2.05) is 12.1 Å². The molecule has 1 heterocycles. The number of benzene rings is 3. The van der Waals surface area contributed by atoms with E-state index in [0.29, 0.717) is 34.0 Å². The van der Waals surface area contributed by atoms with Crippen molar-refractivity contribution in [3.8, 4) is 5.75 Å². The van der Waals surface area contributed by atoms with Gasteiger partial charge in [-0.2, -0.15) is 0 Å². The molecule has 9 heteroatoms. The number of aliphatic hydroxyl groups excluding tert-OH is 1. The fourth-order valence-corrected chi connectivity index (χ4v) is 3.98. The summed E-state index contributed by atoms with van der Waals surface area (Å²) >= 11 is 0. The average molecular weight is 488 g/mol. The number of nitrogens with one attached hydrogen (secondary N) is 2. The third kappa shape index (κ3) is 5.07. The first-order valence-corrected chi connectivity index (χ1v) is 11.5. The van der Waals surface area contributed by atoms with Crippen LogP contribution in [0.2, 0.25) is 0 Å². The van der Waals surface area contributed by atoms with Crippen molar-refractivity contribution < 1.29 is 19.4 Å². The summed E-state index contributed by atoms with van der Waals surface area (Å²) in [5.74, 6) is 5.58. The molecule has 1 aromatic heterocycles. The topological polar surface area (TPSA) is 134 Å². The molecule has 4 aromatic rings. The highest BCUT2D eigenvalue weighted by atomic mass is 16.5. The molecule has 0 bridgehead atoms. The van der Waals surface area contributed by atoms with E-state index >= 15 is 0 Å². The minimum atomic E-state index is -1.71. The highest BCUT2D eigenvalue weighted by Gasteiger charge is 2.34. The molecule has 0 fully saturated rings. The van der Waals surface area contributed by atoms with E-state index < -0.39 is 24.0 Å². The fourth-order valence-electron chi connectivity index (χ4n) is 3.98. The number of amides is 2. The number of hydrazine groups is 1. The average Bonchev–Trinajstić information content (AvgIpc) is 3.38. The number of carbonyl (C=O) groups is 2. The molecule has 0 spiro atoms. The first-order valence-electron chi connectivity index (χ1n) is 11.5. The standard InChI is InChI=1S/C27H29N5O4/c1-16(2)17-8-10-18(11-9-17)26(34)31-24(20-6-4-5-7-23(20)36-3)25(33)27(35)32(28)19-12-13-21-22(14-19)30-15-29-21/h4-16,24-25,33H,28H2,1-3H3,(H,29,30)(H,31,34). The third-order valence-corrected chi connectivity index (χ3v) is 6.09. The fraction of sp³-hybridized carbons (Fsp3) is 0.222. The zero-order chi connectivity index (χ0) is 25.8. The van der Waals surface area contributed by atoms with Crippen molar-refractivity contribution in [2.45, 2.75) is 31.9 Å². The van der Waals surface area contributed by atoms with Gasteiger partial charge in [-0.15, -0.1) is 0 Å².